The van der Waals surface area contributed by atoms with Crippen molar-refractivity contribution >= 4 is 33.1 Å². The fourth-order valence-corrected chi connectivity index (χ4v) is 6.81. The van der Waals surface area contributed by atoms with Gasteiger partial charge in [-0.3, -0.25) is 23.3 Å². The van der Waals surface area contributed by atoms with Gasteiger partial charge in [0.05, 0.1) is 26.0 Å². The average Bonchev–Trinajstić information content (AvgIpc) is 3.64. The van der Waals surface area contributed by atoms with Gasteiger partial charge in [0.25, 0.3) is 0 Å². The normalized spacial score (nSPS) is 20.6. The van der Waals surface area contributed by atoms with Gasteiger partial charge in [-0.05, 0) is 36.8 Å². The number of nitrogens with one attached hydrogen (secondary N) is 1. The minimum absolute atomic E-state index is 0.0617. The molecule has 0 saturated carbocycles. The third-order valence-corrected chi connectivity index (χ3v) is 9.38. The lowest BCUT2D eigenvalue weighted by atomic mass is 10.1. The largest absolute Gasteiger partial charge is 0.497 e. The Kier molecular flexibility index (Phi) is 10.4. The zero-order valence-corrected chi connectivity index (χ0v) is 26.5. The first-order chi connectivity index (χ1) is 22.0. The highest BCUT2D eigenvalue weighted by Crippen LogP contribution is 2.60. The number of rotatable bonds is 13. The van der Waals surface area contributed by atoms with Crippen molar-refractivity contribution in [2.75, 3.05) is 25.6 Å². The Morgan fingerprint density at radius 1 is 1.09 bits per heavy atom. The van der Waals surface area contributed by atoms with Crippen molar-refractivity contribution in [1.29, 1.82) is 0 Å². The van der Waals surface area contributed by atoms with Crippen LogP contribution < -0.4 is 15.7 Å². The summed E-state index contributed by atoms with van der Waals surface area (Å²) in [5.74, 6) is 0.620. The lowest BCUT2D eigenvalue weighted by Crippen LogP contribution is -2.32. The van der Waals surface area contributed by atoms with Crippen LogP contribution >= 0.6 is 15.6 Å². The number of anilines is 1. The molecule has 16 nitrogen and oxygen atoms in total. The first-order valence-corrected chi connectivity index (χ1v) is 17.0. The fourth-order valence-electron chi connectivity index (χ4n) is 4.64. The maximum absolute atomic E-state index is 13.6. The summed E-state index contributed by atoms with van der Waals surface area (Å²) in [6.07, 6.45) is -0.867. The molecule has 0 radical (unpaired) electrons. The lowest BCUT2D eigenvalue weighted by molar-refractivity contribution is -0.0464. The summed E-state index contributed by atoms with van der Waals surface area (Å²) in [5, 5.41) is 2.57. The Balaban J connectivity index is 1.36. The van der Waals surface area contributed by atoms with Crippen LogP contribution in [0.25, 0.3) is 16.9 Å². The number of ether oxygens (including phenoxy) is 3. The van der Waals surface area contributed by atoms with Crippen LogP contribution in [0.1, 0.15) is 26.0 Å². The van der Waals surface area contributed by atoms with E-state index < -0.39 is 52.5 Å². The number of hydrogen-bond donors (Lipinski definition) is 3. The van der Waals surface area contributed by atoms with Crippen LogP contribution in [-0.4, -0.2) is 62.4 Å². The Labute approximate surface area is 262 Å². The molecule has 0 spiro atoms. The fraction of sp³-hybridized carbons (Fsp3) is 0.321. The van der Waals surface area contributed by atoms with Crippen LogP contribution in [0.5, 0.6) is 5.75 Å². The molecule has 0 aliphatic carbocycles. The number of carbonyl (C=O) groups excluding carboxylic acids is 1. The molecule has 46 heavy (non-hydrogen) atoms. The second-order valence-corrected chi connectivity index (χ2v) is 13.1. The van der Waals surface area contributed by atoms with Gasteiger partial charge < -0.3 is 24.0 Å². The molecular weight excluding hydrogens is 646 g/mol. The molecule has 3 N–H and O–H groups in total. The smallest absolute Gasteiger partial charge is 0.481 e. The first kappa shape index (κ1) is 33.5. The molecule has 5 atom stereocenters. The second kappa shape index (κ2) is 14.3. The topological polar surface area (TPSA) is 198 Å². The summed E-state index contributed by atoms with van der Waals surface area (Å²) >= 11 is 0. The van der Waals surface area contributed by atoms with Crippen LogP contribution in [0.4, 0.5) is 10.5 Å². The quantitative estimate of drug-likeness (QED) is 0.164. The number of aromatic nitrogens is 3. The molecule has 1 amide bonds. The molecule has 1 aliphatic rings. The zero-order chi connectivity index (χ0) is 32.9. The number of para-hydroxylation sites is 1. The molecule has 0 bridgehead atoms. The van der Waals surface area contributed by atoms with Crippen LogP contribution in [0.15, 0.2) is 77.9 Å². The predicted molar refractivity (Wildman–Crippen MR) is 163 cm³/mol. The third kappa shape index (κ3) is 8.29. The predicted octanol–water partition coefficient (Wildman–Crippen LogP) is 4.74. The zero-order valence-electron chi connectivity index (χ0n) is 24.7. The summed E-state index contributed by atoms with van der Waals surface area (Å²) in [5.41, 5.74) is 1.54. The van der Waals surface area contributed by atoms with E-state index in [9.17, 15) is 28.5 Å². The van der Waals surface area contributed by atoms with Crippen LogP contribution in [-0.2, 0) is 32.0 Å². The summed E-state index contributed by atoms with van der Waals surface area (Å²) < 4.78 is 57.8. The first-order valence-electron chi connectivity index (χ1n) is 14.1. The molecule has 1 aliphatic heterocycles. The molecule has 1 fully saturated rings. The van der Waals surface area contributed by atoms with Crippen molar-refractivity contribution in [3.63, 3.8) is 0 Å². The molecule has 2 aromatic heterocycles. The molecule has 246 valence electrons. The van der Waals surface area contributed by atoms with Crippen molar-refractivity contribution in [1.82, 2.24) is 14.0 Å². The maximum atomic E-state index is 13.6. The SMILES string of the molecule is CCCOP(=O)(O)OP(=O)(O)OC[C@H]1O[C@@H](n2ccc3nc(-c4cccc(OC)c4)cn3c2=O)C[C@H]1OC(=O)Nc1ccccc1. The summed E-state index contributed by atoms with van der Waals surface area (Å²) in [6, 6.07) is 17.3. The van der Waals surface area contributed by atoms with Gasteiger partial charge in [0.1, 0.15) is 29.8 Å². The van der Waals surface area contributed by atoms with E-state index in [0.717, 1.165) is 5.56 Å². The summed E-state index contributed by atoms with van der Waals surface area (Å²) in [4.78, 5) is 50.7. The van der Waals surface area contributed by atoms with E-state index in [4.69, 9.17) is 18.7 Å². The third-order valence-electron chi connectivity index (χ3n) is 6.75. The number of fused-ring (bicyclic) bond motifs is 1. The number of methoxy groups -OCH3 is 1. The summed E-state index contributed by atoms with van der Waals surface area (Å²) in [6.45, 7) is 0.737. The average molecular weight is 679 g/mol. The van der Waals surface area contributed by atoms with Gasteiger partial charge in [-0.1, -0.05) is 37.3 Å². The maximum Gasteiger partial charge on any atom is 0.481 e. The van der Waals surface area contributed by atoms with Crippen LogP contribution in [0.3, 0.4) is 0 Å². The van der Waals surface area contributed by atoms with Gasteiger partial charge in [0.2, 0.25) is 0 Å². The van der Waals surface area contributed by atoms with Crippen LogP contribution in [0.2, 0.25) is 0 Å². The van der Waals surface area contributed by atoms with E-state index in [1.165, 1.54) is 15.2 Å². The highest BCUT2D eigenvalue weighted by molar-refractivity contribution is 7.61. The van der Waals surface area contributed by atoms with Gasteiger partial charge in [0.15, 0.2) is 0 Å². The van der Waals surface area contributed by atoms with Crippen molar-refractivity contribution in [3.05, 3.63) is 83.5 Å². The Morgan fingerprint density at radius 2 is 1.85 bits per heavy atom. The van der Waals surface area contributed by atoms with E-state index in [1.807, 2.05) is 6.07 Å². The van der Waals surface area contributed by atoms with Gasteiger partial charge in [-0.2, -0.15) is 4.31 Å². The van der Waals surface area contributed by atoms with E-state index in [0.29, 0.717) is 29.2 Å². The monoisotopic (exact) mass is 678 g/mol. The molecule has 1 saturated heterocycles. The molecule has 2 unspecified atom stereocenters. The van der Waals surface area contributed by atoms with E-state index in [-0.39, 0.29) is 13.0 Å². The van der Waals surface area contributed by atoms with E-state index in [1.54, 1.807) is 74.8 Å². The van der Waals surface area contributed by atoms with Crippen molar-refractivity contribution in [2.24, 2.45) is 0 Å². The van der Waals surface area contributed by atoms with E-state index in [2.05, 4.69) is 19.1 Å². The Hall–Kier alpha value is -3.85. The molecule has 4 aromatic rings. The number of phosphoric acid groups is 2. The van der Waals surface area contributed by atoms with Crippen LogP contribution in [0, 0.1) is 0 Å². The van der Waals surface area contributed by atoms with Crippen molar-refractivity contribution < 1.29 is 51.3 Å². The minimum Gasteiger partial charge on any atom is -0.497 e. The Morgan fingerprint density at radius 3 is 2.59 bits per heavy atom. The second-order valence-electron chi connectivity index (χ2n) is 10.0. The summed E-state index contributed by atoms with van der Waals surface area (Å²) in [7, 11) is -8.53. The number of nitrogens with zero attached hydrogens (tertiary/aromatic N) is 3. The highest BCUT2D eigenvalue weighted by Gasteiger charge is 2.43. The number of amides is 1. The molecule has 2 aromatic carbocycles. The number of benzene rings is 2. The number of carbonyl (C=O) groups is 1. The molecule has 5 rings (SSSR count). The standard InChI is InChI=1S/C28H32N4O12P2/c1-3-14-40-45(35,36)44-46(37,38)41-18-24-23(43-27(33)29-20-9-5-4-6-10-20)16-26(42-24)31-13-12-25-30-22(17-32(25)28(31)34)19-8-7-11-21(15-19)39-2/h4-13,15,17,23-24,26H,3,14,16,18H2,1-2H3,(H,29,33)(H,35,36)(H,37,38)/t23-,24-,26-/m1/s1. The Bertz CT molecular complexity index is 1830. The molecule has 3 heterocycles. The number of phosphoric ester groups is 2. The van der Waals surface area contributed by atoms with Gasteiger partial charge in [0, 0.05) is 30.1 Å². The van der Waals surface area contributed by atoms with Crippen molar-refractivity contribution in [3.8, 4) is 17.0 Å². The van der Waals surface area contributed by atoms with Gasteiger partial charge in [-0.25, -0.2) is 23.7 Å². The van der Waals surface area contributed by atoms with Crippen molar-refractivity contribution in [2.45, 2.75) is 38.2 Å². The minimum atomic E-state index is -5.15. The highest BCUT2D eigenvalue weighted by atomic mass is 31.3. The van der Waals surface area contributed by atoms with E-state index >= 15 is 0 Å². The lowest BCUT2D eigenvalue weighted by Gasteiger charge is -2.21. The molecule has 18 heteroatoms. The van der Waals surface area contributed by atoms with Gasteiger partial charge >= 0.3 is 27.4 Å². The van der Waals surface area contributed by atoms with Gasteiger partial charge in [-0.15, -0.1) is 0 Å². The molecular formula is C28H32N4O12P2. The number of hydrogen-bond acceptors (Lipinski definition) is 11. The number of imidazole rings is 1.